The number of hydrogen-bond acceptors (Lipinski definition) is 4. The molecule has 0 saturated heterocycles. The van der Waals surface area contributed by atoms with Crippen molar-refractivity contribution in [1.29, 1.82) is 0 Å². The number of aromatic nitrogens is 3. The van der Waals surface area contributed by atoms with E-state index in [1.165, 1.54) is 24.6 Å². The van der Waals surface area contributed by atoms with Crippen LogP contribution in [0.5, 0.6) is 0 Å². The molecule has 0 amide bonds. The molecule has 0 fully saturated rings. The van der Waals surface area contributed by atoms with Gasteiger partial charge in [0.2, 0.25) is 0 Å². The van der Waals surface area contributed by atoms with Crippen LogP contribution in [0.15, 0.2) is 5.16 Å². The summed E-state index contributed by atoms with van der Waals surface area (Å²) in [6.07, 6.45) is 4.32. The van der Waals surface area contributed by atoms with Crippen LogP contribution in [0.3, 0.4) is 0 Å². The van der Waals surface area contributed by atoms with Crippen LogP contribution in [0.25, 0.3) is 0 Å². The van der Waals surface area contributed by atoms with Crippen LogP contribution in [0.4, 0.5) is 0 Å². The number of unbranched alkanes of at least 4 members (excludes halogenated alkanes) is 1. The average Bonchev–Trinajstić information content (AvgIpc) is 2.74. The first-order valence-electron chi connectivity index (χ1n) is 6.81. The van der Waals surface area contributed by atoms with Gasteiger partial charge in [0.05, 0.1) is 5.75 Å². The van der Waals surface area contributed by atoms with Crippen molar-refractivity contribution >= 4 is 17.7 Å². The minimum atomic E-state index is -0.822. The van der Waals surface area contributed by atoms with Crippen LogP contribution in [-0.4, -0.2) is 31.6 Å². The molecule has 19 heavy (non-hydrogen) atoms. The first-order valence-corrected chi connectivity index (χ1v) is 7.79. The summed E-state index contributed by atoms with van der Waals surface area (Å²) in [6, 6.07) is 0. The number of aryl methyl sites for hydroxylation is 1. The number of carbonyl (C=O) groups is 1. The van der Waals surface area contributed by atoms with Crippen molar-refractivity contribution in [3.63, 3.8) is 0 Å². The second-order valence-electron chi connectivity index (χ2n) is 4.98. The van der Waals surface area contributed by atoms with Crippen LogP contribution in [0.1, 0.15) is 45.9 Å². The highest BCUT2D eigenvalue weighted by molar-refractivity contribution is 7.99. The van der Waals surface area contributed by atoms with Crippen molar-refractivity contribution in [2.45, 2.75) is 58.2 Å². The number of carboxylic acid groups (broad SMARTS) is 1. The quantitative estimate of drug-likeness (QED) is 0.558. The normalized spacial score (nSPS) is 11.2. The Morgan fingerprint density at radius 2 is 2.11 bits per heavy atom. The lowest BCUT2D eigenvalue weighted by atomic mass is 10.1. The van der Waals surface area contributed by atoms with Crippen LogP contribution in [0.2, 0.25) is 0 Å². The molecule has 6 heteroatoms. The second kappa shape index (κ2) is 8.19. The molecule has 0 aromatic carbocycles. The van der Waals surface area contributed by atoms with Crippen LogP contribution in [-0.2, 0) is 17.8 Å². The first-order chi connectivity index (χ1) is 9.04. The van der Waals surface area contributed by atoms with Gasteiger partial charge in [-0.1, -0.05) is 45.4 Å². The lowest BCUT2D eigenvalue weighted by molar-refractivity contribution is -0.133. The number of rotatable bonds is 9. The summed E-state index contributed by atoms with van der Waals surface area (Å²) in [7, 11) is 0. The SMILES string of the molecule is CCc1nnc(SCC(=O)O)n1CCCCC(C)C. The first kappa shape index (κ1) is 16.0. The molecule has 0 saturated carbocycles. The Morgan fingerprint density at radius 1 is 1.37 bits per heavy atom. The van der Waals surface area contributed by atoms with E-state index in [4.69, 9.17) is 5.11 Å². The smallest absolute Gasteiger partial charge is 0.313 e. The molecule has 1 aromatic rings. The van der Waals surface area contributed by atoms with E-state index in [2.05, 4.69) is 28.6 Å². The summed E-state index contributed by atoms with van der Waals surface area (Å²) in [6.45, 7) is 7.37. The van der Waals surface area contributed by atoms with E-state index in [1.807, 2.05) is 6.92 Å². The fourth-order valence-corrected chi connectivity index (χ4v) is 2.56. The third-order valence-corrected chi connectivity index (χ3v) is 3.80. The van der Waals surface area contributed by atoms with Crippen LogP contribution < -0.4 is 0 Å². The zero-order chi connectivity index (χ0) is 14.3. The van der Waals surface area contributed by atoms with Crippen molar-refractivity contribution in [1.82, 2.24) is 14.8 Å². The van der Waals surface area contributed by atoms with Gasteiger partial charge in [-0.2, -0.15) is 0 Å². The van der Waals surface area contributed by atoms with Crippen LogP contribution in [0, 0.1) is 5.92 Å². The fourth-order valence-electron chi connectivity index (χ4n) is 1.86. The van der Waals surface area contributed by atoms with Gasteiger partial charge in [0.1, 0.15) is 5.82 Å². The molecule has 1 aromatic heterocycles. The predicted octanol–water partition coefficient (Wildman–Crippen LogP) is 2.84. The van der Waals surface area contributed by atoms with Crippen LogP contribution >= 0.6 is 11.8 Å². The average molecular weight is 285 g/mol. The van der Waals surface area contributed by atoms with Gasteiger partial charge in [0.15, 0.2) is 5.16 Å². The van der Waals surface area contributed by atoms with E-state index in [9.17, 15) is 4.79 Å². The molecule has 1 rings (SSSR count). The molecule has 0 radical (unpaired) electrons. The summed E-state index contributed by atoms with van der Waals surface area (Å²) in [5.41, 5.74) is 0. The van der Waals surface area contributed by atoms with Gasteiger partial charge >= 0.3 is 5.97 Å². The van der Waals surface area contributed by atoms with E-state index < -0.39 is 5.97 Å². The molecule has 5 nitrogen and oxygen atoms in total. The Morgan fingerprint density at radius 3 is 2.68 bits per heavy atom. The van der Waals surface area contributed by atoms with Crippen molar-refractivity contribution < 1.29 is 9.90 Å². The number of thioether (sulfide) groups is 1. The molecular formula is C13H23N3O2S. The van der Waals surface area contributed by atoms with Gasteiger partial charge in [-0.05, 0) is 12.3 Å². The summed E-state index contributed by atoms with van der Waals surface area (Å²) in [5, 5.41) is 17.7. The Balaban J connectivity index is 2.57. The molecule has 0 atom stereocenters. The summed E-state index contributed by atoms with van der Waals surface area (Å²) < 4.78 is 2.06. The van der Waals surface area contributed by atoms with Gasteiger partial charge in [0.25, 0.3) is 0 Å². The largest absolute Gasteiger partial charge is 0.481 e. The van der Waals surface area contributed by atoms with E-state index in [1.54, 1.807) is 0 Å². The summed E-state index contributed by atoms with van der Waals surface area (Å²) in [4.78, 5) is 10.6. The summed E-state index contributed by atoms with van der Waals surface area (Å²) in [5.74, 6) is 0.885. The minimum absolute atomic E-state index is 0.0356. The Bertz CT molecular complexity index is 405. The zero-order valence-corrected chi connectivity index (χ0v) is 12.7. The lowest BCUT2D eigenvalue weighted by Gasteiger charge is -2.09. The molecule has 0 aliphatic rings. The standard InChI is InChI=1S/C13H23N3O2S/c1-4-11-14-15-13(19-9-12(17)18)16(11)8-6-5-7-10(2)3/h10H,4-9H2,1-3H3,(H,17,18). The van der Waals surface area contributed by atoms with Crippen molar-refractivity contribution in [3.8, 4) is 0 Å². The van der Waals surface area contributed by atoms with Crippen molar-refractivity contribution in [2.24, 2.45) is 5.92 Å². The van der Waals surface area contributed by atoms with E-state index in [-0.39, 0.29) is 5.75 Å². The fraction of sp³-hybridized carbons (Fsp3) is 0.769. The van der Waals surface area contributed by atoms with Crippen molar-refractivity contribution in [3.05, 3.63) is 5.82 Å². The lowest BCUT2D eigenvalue weighted by Crippen LogP contribution is -2.07. The monoisotopic (exact) mass is 285 g/mol. The second-order valence-corrected chi connectivity index (χ2v) is 5.92. The highest BCUT2D eigenvalue weighted by atomic mass is 32.2. The number of carboxylic acids is 1. The van der Waals surface area contributed by atoms with E-state index >= 15 is 0 Å². The molecule has 0 unspecified atom stereocenters. The Labute approximate surface area is 118 Å². The number of aliphatic carboxylic acids is 1. The molecule has 0 aliphatic heterocycles. The van der Waals surface area contributed by atoms with Gasteiger partial charge in [-0.3, -0.25) is 4.79 Å². The minimum Gasteiger partial charge on any atom is -0.481 e. The molecule has 1 heterocycles. The van der Waals surface area contributed by atoms with Gasteiger partial charge in [0, 0.05) is 13.0 Å². The maximum atomic E-state index is 10.6. The Kier molecular flexibility index (Phi) is 6.91. The van der Waals surface area contributed by atoms with E-state index in [0.29, 0.717) is 0 Å². The third kappa shape index (κ3) is 5.63. The van der Waals surface area contributed by atoms with Gasteiger partial charge in [-0.25, -0.2) is 0 Å². The van der Waals surface area contributed by atoms with E-state index in [0.717, 1.165) is 36.3 Å². The maximum Gasteiger partial charge on any atom is 0.313 e. The highest BCUT2D eigenvalue weighted by Gasteiger charge is 2.12. The third-order valence-electron chi connectivity index (χ3n) is 2.85. The Hall–Kier alpha value is -1.04. The van der Waals surface area contributed by atoms with Crippen molar-refractivity contribution in [2.75, 3.05) is 5.75 Å². The molecule has 1 N–H and O–H groups in total. The van der Waals surface area contributed by atoms with Gasteiger partial charge < -0.3 is 9.67 Å². The number of hydrogen-bond donors (Lipinski definition) is 1. The van der Waals surface area contributed by atoms with Gasteiger partial charge in [-0.15, -0.1) is 10.2 Å². The highest BCUT2D eigenvalue weighted by Crippen LogP contribution is 2.18. The molecule has 0 bridgehead atoms. The summed E-state index contributed by atoms with van der Waals surface area (Å²) >= 11 is 1.25. The molecule has 0 spiro atoms. The number of nitrogens with zero attached hydrogens (tertiary/aromatic N) is 3. The molecule has 0 aliphatic carbocycles. The topological polar surface area (TPSA) is 68.0 Å². The molecular weight excluding hydrogens is 262 g/mol. The molecule has 108 valence electrons. The zero-order valence-electron chi connectivity index (χ0n) is 11.9. The predicted molar refractivity (Wildman–Crippen MR) is 76.4 cm³/mol. The maximum absolute atomic E-state index is 10.6.